The molecule has 1 atom stereocenters. The second-order valence-corrected chi connectivity index (χ2v) is 5.80. The van der Waals surface area contributed by atoms with Gasteiger partial charge < -0.3 is 14.6 Å². The molecule has 0 aliphatic carbocycles. The summed E-state index contributed by atoms with van der Waals surface area (Å²) in [6, 6.07) is 9.41. The van der Waals surface area contributed by atoms with Crippen LogP contribution in [0.25, 0.3) is 0 Å². The third kappa shape index (κ3) is 7.79. The number of benzene rings is 1. The quantitative estimate of drug-likeness (QED) is 0.529. The number of aliphatic hydroxyl groups excluding tert-OH is 1. The van der Waals surface area contributed by atoms with Crippen LogP contribution in [0.4, 0.5) is 0 Å². The lowest BCUT2D eigenvalue weighted by molar-refractivity contribution is -0.157. The summed E-state index contributed by atoms with van der Waals surface area (Å²) in [7, 11) is 0. The van der Waals surface area contributed by atoms with Crippen LogP contribution in [-0.4, -0.2) is 30.3 Å². The van der Waals surface area contributed by atoms with E-state index in [1.54, 1.807) is 0 Å². The van der Waals surface area contributed by atoms with E-state index in [1.165, 1.54) is 0 Å². The molecule has 0 radical (unpaired) electrons. The fourth-order valence-electron chi connectivity index (χ4n) is 2.06. The minimum atomic E-state index is -0.507. The predicted molar refractivity (Wildman–Crippen MR) is 86.5 cm³/mol. The predicted octanol–water partition coefficient (Wildman–Crippen LogP) is 2.71. The molecule has 5 nitrogen and oxygen atoms in total. The van der Waals surface area contributed by atoms with Crippen molar-refractivity contribution in [2.75, 3.05) is 13.2 Å². The molecule has 1 rings (SSSR count). The average molecular weight is 322 g/mol. The molecule has 0 bridgehead atoms. The Hall–Kier alpha value is -1.88. The van der Waals surface area contributed by atoms with E-state index >= 15 is 0 Å². The first-order chi connectivity index (χ1) is 11.0. The van der Waals surface area contributed by atoms with Crippen molar-refractivity contribution in [3.8, 4) is 0 Å². The van der Waals surface area contributed by atoms with Crippen LogP contribution < -0.4 is 0 Å². The topological polar surface area (TPSA) is 72.8 Å². The molecule has 5 heteroatoms. The van der Waals surface area contributed by atoms with Gasteiger partial charge in [-0.2, -0.15) is 0 Å². The van der Waals surface area contributed by atoms with Gasteiger partial charge in [0.1, 0.15) is 6.61 Å². The molecule has 0 saturated carbocycles. The highest BCUT2D eigenvalue weighted by Crippen LogP contribution is 2.18. The molecule has 0 spiro atoms. The van der Waals surface area contributed by atoms with Gasteiger partial charge in [-0.15, -0.1) is 0 Å². The van der Waals surface area contributed by atoms with Crippen molar-refractivity contribution in [1.82, 2.24) is 0 Å². The first-order valence-electron chi connectivity index (χ1n) is 8.01. The highest BCUT2D eigenvalue weighted by Gasteiger charge is 2.27. The van der Waals surface area contributed by atoms with Gasteiger partial charge in [0.2, 0.25) is 0 Å². The van der Waals surface area contributed by atoms with Gasteiger partial charge in [-0.1, -0.05) is 44.2 Å². The number of aliphatic hydroxyl groups is 1. The van der Waals surface area contributed by atoms with Gasteiger partial charge in [0.15, 0.2) is 0 Å². The van der Waals surface area contributed by atoms with Gasteiger partial charge in [0, 0.05) is 6.61 Å². The molecule has 1 aromatic rings. The smallest absolute Gasteiger partial charge is 0.309 e. The molecule has 0 saturated heterocycles. The Morgan fingerprint density at radius 1 is 1.09 bits per heavy atom. The first-order valence-corrected chi connectivity index (χ1v) is 8.01. The molecule has 0 amide bonds. The van der Waals surface area contributed by atoms with Crippen LogP contribution in [-0.2, 0) is 25.7 Å². The summed E-state index contributed by atoms with van der Waals surface area (Å²) in [6.07, 6.45) is 1.23. The molecule has 1 aromatic carbocycles. The second kappa shape index (κ2) is 10.8. The fourth-order valence-corrected chi connectivity index (χ4v) is 2.06. The number of rotatable bonds is 10. The molecule has 128 valence electrons. The number of ether oxygens (including phenoxy) is 2. The number of esters is 2. The summed E-state index contributed by atoms with van der Waals surface area (Å²) in [6.45, 7) is 4.31. The second-order valence-electron chi connectivity index (χ2n) is 5.80. The maximum absolute atomic E-state index is 12.1. The molecule has 0 unspecified atom stereocenters. The standard InChI is InChI=1S/C18H26O5/c1-14(2)16(18(21)22-11-7-6-10-19)12-17(20)23-13-15-8-4-3-5-9-15/h3-5,8-9,14,16,19H,6-7,10-13H2,1-2H3/t16-/m0/s1. The van der Waals surface area contributed by atoms with E-state index in [2.05, 4.69) is 0 Å². The lowest BCUT2D eigenvalue weighted by Gasteiger charge is -2.18. The number of carbonyl (C=O) groups is 2. The Kier molecular flexibility index (Phi) is 8.98. The van der Waals surface area contributed by atoms with Crippen molar-refractivity contribution in [3.05, 3.63) is 35.9 Å². The Balaban J connectivity index is 2.41. The minimum absolute atomic E-state index is 0.00961. The third-order valence-electron chi connectivity index (χ3n) is 3.53. The minimum Gasteiger partial charge on any atom is -0.465 e. The van der Waals surface area contributed by atoms with Crippen molar-refractivity contribution in [3.63, 3.8) is 0 Å². The van der Waals surface area contributed by atoms with E-state index in [0.717, 1.165) is 5.56 Å². The molecule has 0 aliphatic heterocycles. The van der Waals surface area contributed by atoms with Crippen LogP contribution >= 0.6 is 0 Å². The Labute approximate surface area is 137 Å². The fraction of sp³-hybridized carbons (Fsp3) is 0.556. The molecule has 0 fully saturated rings. The number of hydrogen-bond donors (Lipinski definition) is 1. The van der Waals surface area contributed by atoms with E-state index in [1.807, 2.05) is 44.2 Å². The Morgan fingerprint density at radius 2 is 1.78 bits per heavy atom. The number of carbonyl (C=O) groups excluding carboxylic acids is 2. The van der Waals surface area contributed by atoms with E-state index in [9.17, 15) is 9.59 Å². The first kappa shape index (κ1) is 19.2. The zero-order chi connectivity index (χ0) is 17.1. The molecule has 0 heterocycles. The van der Waals surface area contributed by atoms with Gasteiger partial charge in [0.25, 0.3) is 0 Å². The van der Waals surface area contributed by atoms with Crippen molar-refractivity contribution in [2.45, 2.75) is 39.7 Å². The lowest BCUT2D eigenvalue weighted by atomic mass is 9.93. The molecular formula is C18H26O5. The van der Waals surface area contributed by atoms with Gasteiger partial charge in [-0.05, 0) is 24.3 Å². The van der Waals surface area contributed by atoms with Crippen LogP contribution in [0.5, 0.6) is 0 Å². The van der Waals surface area contributed by atoms with E-state index in [-0.39, 0.29) is 38.1 Å². The van der Waals surface area contributed by atoms with E-state index in [4.69, 9.17) is 14.6 Å². The molecule has 0 aliphatic rings. The monoisotopic (exact) mass is 322 g/mol. The summed E-state index contributed by atoms with van der Waals surface area (Å²) in [4.78, 5) is 24.0. The summed E-state index contributed by atoms with van der Waals surface area (Å²) in [5, 5.41) is 8.70. The average Bonchev–Trinajstić information content (AvgIpc) is 2.55. The number of unbranched alkanes of at least 4 members (excludes halogenated alkanes) is 1. The van der Waals surface area contributed by atoms with Crippen LogP contribution in [0.1, 0.15) is 38.7 Å². The number of hydrogen-bond acceptors (Lipinski definition) is 5. The maximum Gasteiger partial charge on any atom is 0.309 e. The van der Waals surface area contributed by atoms with Crippen molar-refractivity contribution in [1.29, 1.82) is 0 Å². The van der Waals surface area contributed by atoms with Crippen molar-refractivity contribution >= 4 is 11.9 Å². The van der Waals surface area contributed by atoms with Gasteiger partial charge >= 0.3 is 11.9 Å². The van der Waals surface area contributed by atoms with Crippen LogP contribution in [0.15, 0.2) is 30.3 Å². The summed E-state index contributed by atoms with van der Waals surface area (Å²) < 4.78 is 10.4. The van der Waals surface area contributed by atoms with Gasteiger partial charge in [-0.25, -0.2) is 0 Å². The zero-order valence-corrected chi connectivity index (χ0v) is 13.9. The molecule has 0 aromatic heterocycles. The molecule has 1 N–H and O–H groups in total. The van der Waals surface area contributed by atoms with Gasteiger partial charge in [-0.3, -0.25) is 9.59 Å². The van der Waals surface area contributed by atoms with Crippen molar-refractivity contribution < 1.29 is 24.2 Å². The largest absolute Gasteiger partial charge is 0.465 e. The van der Waals surface area contributed by atoms with Crippen LogP contribution in [0, 0.1) is 11.8 Å². The van der Waals surface area contributed by atoms with Crippen molar-refractivity contribution in [2.24, 2.45) is 11.8 Å². The van der Waals surface area contributed by atoms with Crippen LogP contribution in [0.3, 0.4) is 0 Å². The highest BCUT2D eigenvalue weighted by atomic mass is 16.5. The summed E-state index contributed by atoms with van der Waals surface area (Å²) >= 11 is 0. The van der Waals surface area contributed by atoms with E-state index in [0.29, 0.717) is 12.8 Å². The highest BCUT2D eigenvalue weighted by molar-refractivity contribution is 5.80. The maximum atomic E-state index is 12.1. The SMILES string of the molecule is CC(C)[C@H](CC(=O)OCc1ccccc1)C(=O)OCCCCO. The lowest BCUT2D eigenvalue weighted by Crippen LogP contribution is -2.26. The Bertz CT molecular complexity index is 470. The van der Waals surface area contributed by atoms with Gasteiger partial charge in [0.05, 0.1) is 18.9 Å². The molecule has 23 heavy (non-hydrogen) atoms. The normalized spacial score (nSPS) is 12.0. The van der Waals surface area contributed by atoms with E-state index < -0.39 is 11.9 Å². The molecular weight excluding hydrogens is 296 g/mol. The Morgan fingerprint density at radius 3 is 2.39 bits per heavy atom. The zero-order valence-electron chi connectivity index (χ0n) is 13.9. The summed E-state index contributed by atoms with van der Waals surface area (Å²) in [5.74, 6) is -1.30. The summed E-state index contributed by atoms with van der Waals surface area (Å²) in [5.41, 5.74) is 0.911. The van der Waals surface area contributed by atoms with Crippen LogP contribution in [0.2, 0.25) is 0 Å². The third-order valence-corrected chi connectivity index (χ3v) is 3.53.